The van der Waals surface area contributed by atoms with E-state index in [0.29, 0.717) is 0 Å². The lowest BCUT2D eigenvalue weighted by Crippen LogP contribution is -2.44. The van der Waals surface area contributed by atoms with Crippen LogP contribution in [0.5, 0.6) is 0 Å². The second-order valence-electron chi connectivity index (χ2n) is 5.63. The Labute approximate surface area is 140 Å². The number of carboxylic acid groups (broad SMARTS) is 1. The highest BCUT2D eigenvalue weighted by atomic mass is 19.4. The number of aliphatic carboxylic acids is 1. The van der Waals surface area contributed by atoms with Crippen molar-refractivity contribution >= 4 is 11.9 Å². The average molecular weight is 356 g/mol. The highest BCUT2D eigenvalue weighted by Crippen LogP contribution is 2.30. The summed E-state index contributed by atoms with van der Waals surface area (Å²) in [5, 5.41) is 18.6. The van der Waals surface area contributed by atoms with Crippen molar-refractivity contribution in [3.05, 3.63) is 41.7 Å². The molecule has 1 unspecified atom stereocenters. The SMILES string of the molecule is CC(C)C(NC(=O)c1cn(-c2cccc(C(F)(F)F)c2)nn1)C(=O)O. The first-order chi connectivity index (χ1) is 11.6. The molecule has 1 heterocycles. The van der Waals surface area contributed by atoms with Crippen molar-refractivity contribution in [3.63, 3.8) is 0 Å². The lowest BCUT2D eigenvalue weighted by molar-refractivity contribution is -0.140. The van der Waals surface area contributed by atoms with Gasteiger partial charge in [0.2, 0.25) is 0 Å². The minimum Gasteiger partial charge on any atom is -0.480 e. The summed E-state index contributed by atoms with van der Waals surface area (Å²) in [6.45, 7) is 3.25. The Morgan fingerprint density at radius 1 is 1.28 bits per heavy atom. The molecule has 134 valence electrons. The fraction of sp³-hybridized carbons (Fsp3) is 0.333. The molecule has 0 fully saturated rings. The minimum atomic E-state index is -4.51. The van der Waals surface area contributed by atoms with E-state index in [4.69, 9.17) is 5.11 Å². The van der Waals surface area contributed by atoms with E-state index in [-0.39, 0.29) is 17.3 Å². The van der Waals surface area contributed by atoms with Crippen LogP contribution in [0.15, 0.2) is 30.5 Å². The Kier molecular flexibility index (Phi) is 5.10. The first-order valence-electron chi connectivity index (χ1n) is 7.23. The first-order valence-corrected chi connectivity index (χ1v) is 7.23. The largest absolute Gasteiger partial charge is 0.480 e. The van der Waals surface area contributed by atoms with Crippen LogP contribution < -0.4 is 5.32 Å². The molecule has 1 aromatic heterocycles. The Morgan fingerprint density at radius 2 is 1.96 bits per heavy atom. The standard InChI is InChI=1S/C15H15F3N4O3/c1-8(2)12(14(24)25)19-13(23)11-7-22(21-20-11)10-5-3-4-9(6-10)15(16,17)18/h3-8,12H,1-2H3,(H,19,23)(H,24,25). The Balaban J connectivity index is 2.23. The van der Waals surface area contributed by atoms with Gasteiger partial charge < -0.3 is 10.4 Å². The molecule has 0 saturated carbocycles. The fourth-order valence-electron chi connectivity index (χ4n) is 2.05. The van der Waals surface area contributed by atoms with Gasteiger partial charge in [0.25, 0.3) is 5.91 Å². The molecule has 1 aromatic carbocycles. The van der Waals surface area contributed by atoms with Crippen LogP contribution in [-0.2, 0) is 11.0 Å². The third kappa shape index (κ3) is 4.34. The van der Waals surface area contributed by atoms with Crippen LogP contribution in [-0.4, -0.2) is 38.0 Å². The number of benzene rings is 1. The van der Waals surface area contributed by atoms with Crippen molar-refractivity contribution in [1.82, 2.24) is 20.3 Å². The molecule has 0 aliphatic heterocycles. The second-order valence-corrected chi connectivity index (χ2v) is 5.63. The summed E-state index contributed by atoms with van der Waals surface area (Å²) in [5.74, 6) is -2.34. The number of alkyl halides is 3. The van der Waals surface area contributed by atoms with E-state index in [1.807, 2.05) is 0 Å². The summed E-state index contributed by atoms with van der Waals surface area (Å²) < 4.78 is 39.2. The number of aromatic nitrogens is 3. The van der Waals surface area contributed by atoms with Gasteiger partial charge in [0.05, 0.1) is 17.4 Å². The van der Waals surface area contributed by atoms with Gasteiger partial charge >= 0.3 is 12.1 Å². The van der Waals surface area contributed by atoms with Crippen molar-refractivity contribution in [2.24, 2.45) is 5.92 Å². The van der Waals surface area contributed by atoms with Crippen LogP contribution in [0, 0.1) is 5.92 Å². The van der Waals surface area contributed by atoms with E-state index in [0.717, 1.165) is 23.0 Å². The van der Waals surface area contributed by atoms with Crippen LogP contribution in [0.3, 0.4) is 0 Å². The Morgan fingerprint density at radius 3 is 2.52 bits per heavy atom. The number of nitrogens with one attached hydrogen (secondary N) is 1. The molecule has 2 rings (SSSR count). The number of hydrogen-bond acceptors (Lipinski definition) is 4. The van der Waals surface area contributed by atoms with Gasteiger partial charge in [-0.05, 0) is 24.1 Å². The molecule has 1 atom stereocenters. The first kappa shape index (κ1) is 18.4. The van der Waals surface area contributed by atoms with E-state index >= 15 is 0 Å². The van der Waals surface area contributed by atoms with E-state index in [9.17, 15) is 22.8 Å². The summed E-state index contributed by atoms with van der Waals surface area (Å²) >= 11 is 0. The van der Waals surface area contributed by atoms with Crippen molar-refractivity contribution in [1.29, 1.82) is 0 Å². The van der Waals surface area contributed by atoms with Crippen LogP contribution in [0.25, 0.3) is 5.69 Å². The lowest BCUT2D eigenvalue weighted by Gasteiger charge is -2.16. The van der Waals surface area contributed by atoms with Crippen molar-refractivity contribution in [3.8, 4) is 5.69 Å². The third-order valence-electron chi connectivity index (χ3n) is 3.38. The molecule has 0 radical (unpaired) electrons. The molecule has 0 spiro atoms. The summed E-state index contributed by atoms with van der Waals surface area (Å²) in [4.78, 5) is 23.2. The molecule has 1 amide bonds. The maximum atomic E-state index is 12.7. The molecule has 2 aromatic rings. The summed E-state index contributed by atoms with van der Waals surface area (Å²) in [5.41, 5.74) is -0.999. The van der Waals surface area contributed by atoms with E-state index in [1.54, 1.807) is 13.8 Å². The van der Waals surface area contributed by atoms with Gasteiger partial charge in [0.1, 0.15) is 6.04 Å². The minimum absolute atomic E-state index is 0.0695. The number of carboxylic acids is 1. The molecular formula is C15H15F3N4O3. The van der Waals surface area contributed by atoms with E-state index < -0.39 is 29.7 Å². The molecule has 10 heteroatoms. The number of carbonyl (C=O) groups is 2. The van der Waals surface area contributed by atoms with Gasteiger partial charge in [-0.1, -0.05) is 25.1 Å². The maximum absolute atomic E-state index is 12.7. The zero-order chi connectivity index (χ0) is 18.8. The predicted octanol–water partition coefficient (Wildman–Crippen LogP) is 2.13. The average Bonchev–Trinajstić information content (AvgIpc) is 3.01. The van der Waals surface area contributed by atoms with Crippen LogP contribution in [0.1, 0.15) is 29.9 Å². The molecule has 0 aliphatic carbocycles. The molecule has 0 aliphatic rings. The lowest BCUT2D eigenvalue weighted by atomic mass is 10.0. The van der Waals surface area contributed by atoms with Gasteiger partial charge in [-0.3, -0.25) is 4.79 Å². The highest BCUT2D eigenvalue weighted by Gasteiger charge is 2.31. The molecule has 2 N–H and O–H groups in total. The van der Waals surface area contributed by atoms with E-state index in [1.165, 1.54) is 12.1 Å². The zero-order valence-corrected chi connectivity index (χ0v) is 13.3. The second kappa shape index (κ2) is 6.91. The smallest absolute Gasteiger partial charge is 0.416 e. The maximum Gasteiger partial charge on any atom is 0.416 e. The van der Waals surface area contributed by atoms with Crippen LogP contribution in [0.4, 0.5) is 13.2 Å². The van der Waals surface area contributed by atoms with Gasteiger partial charge in [0, 0.05) is 0 Å². The van der Waals surface area contributed by atoms with Gasteiger partial charge in [-0.25, -0.2) is 9.48 Å². The number of halogens is 3. The van der Waals surface area contributed by atoms with Crippen LogP contribution >= 0.6 is 0 Å². The van der Waals surface area contributed by atoms with Gasteiger partial charge in [-0.2, -0.15) is 13.2 Å². The van der Waals surface area contributed by atoms with Crippen molar-refractivity contribution in [2.75, 3.05) is 0 Å². The number of carbonyl (C=O) groups excluding carboxylic acids is 1. The van der Waals surface area contributed by atoms with E-state index in [2.05, 4.69) is 15.6 Å². The van der Waals surface area contributed by atoms with Crippen LogP contribution in [0.2, 0.25) is 0 Å². The fourth-order valence-corrected chi connectivity index (χ4v) is 2.05. The topological polar surface area (TPSA) is 97.1 Å². The number of amides is 1. The summed E-state index contributed by atoms with van der Waals surface area (Å²) in [6.07, 6.45) is -3.38. The number of rotatable bonds is 5. The monoisotopic (exact) mass is 356 g/mol. The zero-order valence-electron chi connectivity index (χ0n) is 13.3. The molecule has 0 bridgehead atoms. The molecule has 25 heavy (non-hydrogen) atoms. The summed E-state index contributed by atoms with van der Waals surface area (Å²) in [6, 6.07) is 3.24. The van der Waals surface area contributed by atoms with Crippen molar-refractivity contribution in [2.45, 2.75) is 26.1 Å². The number of hydrogen-bond donors (Lipinski definition) is 2. The van der Waals surface area contributed by atoms with Crippen molar-refractivity contribution < 1.29 is 27.9 Å². The number of nitrogens with zero attached hydrogens (tertiary/aromatic N) is 3. The predicted molar refractivity (Wildman–Crippen MR) is 80.1 cm³/mol. The quantitative estimate of drug-likeness (QED) is 0.855. The third-order valence-corrected chi connectivity index (χ3v) is 3.38. The normalized spacial score (nSPS) is 12.9. The Bertz CT molecular complexity index is 786. The van der Waals surface area contributed by atoms with Gasteiger partial charge in [-0.15, -0.1) is 5.10 Å². The highest BCUT2D eigenvalue weighted by molar-refractivity contribution is 5.94. The Hall–Kier alpha value is -2.91. The van der Waals surface area contributed by atoms with Gasteiger partial charge in [0.15, 0.2) is 5.69 Å². The molecular weight excluding hydrogens is 341 g/mol. The molecule has 7 nitrogen and oxygen atoms in total. The summed E-state index contributed by atoms with van der Waals surface area (Å²) in [7, 11) is 0. The molecule has 0 saturated heterocycles.